The van der Waals surface area contributed by atoms with E-state index >= 15 is 0 Å². The monoisotopic (exact) mass is 445 g/mol. The highest BCUT2D eigenvalue weighted by atomic mass is 16.7. The van der Waals surface area contributed by atoms with E-state index in [-0.39, 0.29) is 35.9 Å². The number of hydrogen-bond donors (Lipinski definition) is 2. The third-order valence-electron chi connectivity index (χ3n) is 8.84. The average molecular weight is 446 g/mol. The van der Waals surface area contributed by atoms with Gasteiger partial charge in [-0.05, 0) is 35.8 Å². The summed E-state index contributed by atoms with van der Waals surface area (Å²) < 4.78 is 24.1. The summed E-state index contributed by atoms with van der Waals surface area (Å²) in [4.78, 5) is 25.1. The molecule has 0 amide bonds. The summed E-state index contributed by atoms with van der Waals surface area (Å²) in [5, 5.41) is 11.8. The number of hydrogen-bond acceptors (Lipinski definition) is 8. The summed E-state index contributed by atoms with van der Waals surface area (Å²) in [5.74, 6) is -1.00. The van der Waals surface area contributed by atoms with Crippen molar-refractivity contribution < 1.29 is 33.6 Å². The smallest absolute Gasteiger partial charge is 0.334 e. The summed E-state index contributed by atoms with van der Waals surface area (Å²) in [6.45, 7) is 7.90. The van der Waals surface area contributed by atoms with Crippen LogP contribution in [0.1, 0.15) is 47.0 Å². The summed E-state index contributed by atoms with van der Waals surface area (Å²) in [6.07, 6.45) is 2.25. The molecule has 0 aromatic carbocycles. The Kier molecular flexibility index (Phi) is 4.05. The minimum absolute atomic E-state index is 0.0235. The Balaban J connectivity index is 1.41. The van der Waals surface area contributed by atoms with Crippen LogP contribution in [-0.4, -0.2) is 64.8 Å². The molecule has 3 heterocycles. The number of allylic oxidation sites excluding steroid dienone is 1. The van der Waals surface area contributed by atoms with Gasteiger partial charge in [0.25, 0.3) is 0 Å². The second kappa shape index (κ2) is 6.23. The molecule has 2 saturated heterocycles. The van der Waals surface area contributed by atoms with Crippen molar-refractivity contribution in [3.63, 3.8) is 0 Å². The van der Waals surface area contributed by atoms with Crippen LogP contribution in [-0.2, 0) is 28.5 Å². The van der Waals surface area contributed by atoms with Gasteiger partial charge in [0.05, 0.1) is 12.2 Å². The van der Waals surface area contributed by atoms with E-state index in [0.717, 1.165) is 16.7 Å². The molecule has 0 bridgehead atoms. The zero-order chi connectivity index (χ0) is 22.8. The molecule has 8 heteroatoms. The lowest BCUT2D eigenvalue weighted by Crippen LogP contribution is -2.68. The standard InChI is InChI=1S/C24H31NO7/c1-10(2)18(25)20(27)30-21-22(28,11(3)4)8-17-23(32-17)15-6-5-12-14(9-29-19(12)26)13(15)7-16-24(21,23)31-16/h6,10-11,13,16-18,21,28H,5,7-9,25H2,1-4H3. The van der Waals surface area contributed by atoms with Crippen LogP contribution in [0.2, 0.25) is 0 Å². The molecule has 0 radical (unpaired) electrons. The van der Waals surface area contributed by atoms with Crippen LogP contribution >= 0.6 is 0 Å². The van der Waals surface area contributed by atoms with Gasteiger partial charge < -0.3 is 29.8 Å². The highest BCUT2D eigenvalue weighted by Crippen LogP contribution is 2.75. The largest absolute Gasteiger partial charge is 0.458 e. The molecule has 3 aliphatic heterocycles. The third-order valence-corrected chi connectivity index (χ3v) is 8.84. The van der Waals surface area contributed by atoms with E-state index in [4.69, 9.17) is 24.7 Å². The van der Waals surface area contributed by atoms with Crippen molar-refractivity contribution in [2.75, 3.05) is 6.61 Å². The predicted octanol–water partition coefficient (Wildman–Crippen LogP) is 1.15. The average Bonchev–Trinajstić information content (AvgIpc) is 3.61. The van der Waals surface area contributed by atoms with Crippen LogP contribution in [0.25, 0.3) is 0 Å². The molecule has 6 rings (SSSR count). The van der Waals surface area contributed by atoms with Crippen LogP contribution in [0, 0.1) is 17.8 Å². The van der Waals surface area contributed by atoms with Crippen molar-refractivity contribution in [1.29, 1.82) is 0 Å². The van der Waals surface area contributed by atoms with E-state index in [2.05, 4.69) is 6.08 Å². The molecule has 4 fully saturated rings. The number of cyclic esters (lactones) is 1. The number of carbonyl (C=O) groups excluding carboxylic acids is 2. The second-order valence-electron chi connectivity index (χ2n) is 10.9. The number of epoxide rings is 2. The minimum atomic E-state index is -1.29. The molecular weight excluding hydrogens is 414 g/mol. The SMILES string of the molecule is CC(C)C(N)C(=O)OC1C(O)(C(C)C)CC2OC23C2=CCC4=C(COC4=O)C2CC2OC213. The second-order valence-corrected chi connectivity index (χ2v) is 10.9. The highest BCUT2D eigenvalue weighted by molar-refractivity contribution is 5.93. The van der Waals surface area contributed by atoms with Crippen LogP contribution in [0.4, 0.5) is 0 Å². The van der Waals surface area contributed by atoms with E-state index in [1.54, 1.807) is 0 Å². The van der Waals surface area contributed by atoms with Gasteiger partial charge in [0.2, 0.25) is 0 Å². The van der Waals surface area contributed by atoms with Crippen LogP contribution in [0.3, 0.4) is 0 Å². The van der Waals surface area contributed by atoms with Gasteiger partial charge in [0, 0.05) is 17.9 Å². The van der Waals surface area contributed by atoms with Gasteiger partial charge in [-0.15, -0.1) is 0 Å². The van der Waals surface area contributed by atoms with E-state index in [1.165, 1.54) is 0 Å². The first kappa shape index (κ1) is 20.8. The van der Waals surface area contributed by atoms with Crippen LogP contribution in [0.15, 0.2) is 22.8 Å². The zero-order valence-corrected chi connectivity index (χ0v) is 18.9. The molecule has 174 valence electrons. The normalized spacial score (nSPS) is 46.4. The maximum atomic E-state index is 13.0. The molecule has 32 heavy (non-hydrogen) atoms. The third kappa shape index (κ3) is 2.27. The van der Waals surface area contributed by atoms with Gasteiger partial charge in [-0.1, -0.05) is 33.8 Å². The Morgan fingerprint density at radius 2 is 2.00 bits per heavy atom. The summed E-state index contributed by atoms with van der Waals surface area (Å²) in [7, 11) is 0. The molecule has 2 saturated carbocycles. The molecular formula is C24H31NO7. The van der Waals surface area contributed by atoms with Gasteiger partial charge in [-0.3, -0.25) is 4.79 Å². The van der Waals surface area contributed by atoms with E-state index < -0.39 is 34.9 Å². The first-order valence-electron chi connectivity index (χ1n) is 11.7. The number of rotatable bonds is 4. The maximum Gasteiger partial charge on any atom is 0.334 e. The quantitative estimate of drug-likeness (QED) is 0.375. The molecule has 3 N–H and O–H groups in total. The van der Waals surface area contributed by atoms with Crippen molar-refractivity contribution in [1.82, 2.24) is 0 Å². The number of aliphatic hydroxyl groups is 1. The van der Waals surface area contributed by atoms with E-state index in [1.807, 2.05) is 27.7 Å². The predicted molar refractivity (Wildman–Crippen MR) is 111 cm³/mol. The number of fused-ring (bicyclic) bond motifs is 2. The Morgan fingerprint density at radius 3 is 2.69 bits per heavy atom. The fourth-order valence-electron chi connectivity index (χ4n) is 6.76. The lowest BCUT2D eigenvalue weighted by Gasteiger charge is -2.49. The van der Waals surface area contributed by atoms with Crippen molar-refractivity contribution in [3.8, 4) is 0 Å². The van der Waals surface area contributed by atoms with E-state index in [9.17, 15) is 14.7 Å². The van der Waals surface area contributed by atoms with Crippen molar-refractivity contribution in [3.05, 3.63) is 22.8 Å². The van der Waals surface area contributed by atoms with Gasteiger partial charge in [-0.25, -0.2) is 4.79 Å². The molecule has 2 spiro atoms. The lowest BCUT2D eigenvalue weighted by molar-refractivity contribution is -0.196. The fourth-order valence-corrected chi connectivity index (χ4v) is 6.76. The Hall–Kier alpha value is -1.74. The molecule has 8 unspecified atom stereocenters. The topological polar surface area (TPSA) is 124 Å². The highest BCUT2D eigenvalue weighted by Gasteiger charge is 2.92. The Labute approximate surface area is 187 Å². The van der Waals surface area contributed by atoms with Crippen LogP contribution in [0.5, 0.6) is 0 Å². The molecule has 0 aromatic rings. The number of nitrogens with two attached hydrogens (primary N) is 1. The number of ether oxygens (including phenoxy) is 4. The van der Waals surface area contributed by atoms with Gasteiger partial charge in [-0.2, -0.15) is 0 Å². The fraction of sp³-hybridized carbons (Fsp3) is 0.750. The van der Waals surface area contributed by atoms with Crippen molar-refractivity contribution in [2.24, 2.45) is 23.5 Å². The molecule has 8 atom stereocenters. The van der Waals surface area contributed by atoms with Gasteiger partial charge >= 0.3 is 11.9 Å². The molecule has 6 aliphatic rings. The van der Waals surface area contributed by atoms with E-state index in [0.29, 0.717) is 25.9 Å². The maximum absolute atomic E-state index is 13.0. The van der Waals surface area contributed by atoms with Crippen molar-refractivity contribution >= 4 is 11.9 Å². The number of esters is 2. The summed E-state index contributed by atoms with van der Waals surface area (Å²) in [5.41, 5.74) is 6.02. The summed E-state index contributed by atoms with van der Waals surface area (Å²) in [6, 6.07) is -0.784. The van der Waals surface area contributed by atoms with Crippen LogP contribution < -0.4 is 5.73 Å². The zero-order valence-electron chi connectivity index (χ0n) is 18.9. The first-order chi connectivity index (χ1) is 15.1. The van der Waals surface area contributed by atoms with Crippen molar-refractivity contribution in [2.45, 2.75) is 88.1 Å². The van der Waals surface area contributed by atoms with Gasteiger partial charge in [0.1, 0.15) is 18.2 Å². The first-order valence-corrected chi connectivity index (χ1v) is 11.7. The molecule has 3 aliphatic carbocycles. The summed E-state index contributed by atoms with van der Waals surface area (Å²) >= 11 is 0. The molecule has 8 nitrogen and oxygen atoms in total. The lowest BCUT2D eigenvalue weighted by atomic mass is 9.55. The van der Waals surface area contributed by atoms with Gasteiger partial charge in [0.15, 0.2) is 17.3 Å². The minimum Gasteiger partial charge on any atom is -0.458 e. The number of carbonyl (C=O) groups is 2. The Morgan fingerprint density at radius 1 is 1.25 bits per heavy atom. The molecule has 0 aromatic heterocycles. The Bertz CT molecular complexity index is 985.